The largest absolute Gasteiger partial charge is 0.382 e. The number of methoxy groups -OCH3 is 1. The van der Waals surface area contributed by atoms with Crippen LogP contribution < -0.4 is 16.6 Å². The maximum Gasteiger partial charge on any atom is 0.248 e. The van der Waals surface area contributed by atoms with Gasteiger partial charge < -0.3 is 25.7 Å². The molecule has 0 spiro atoms. The molecule has 0 aliphatic rings. The number of unbranched alkanes of at least 4 members (excludes halogenated alkanes) is 2. The van der Waals surface area contributed by atoms with E-state index in [0.29, 0.717) is 23.5 Å². The number of hydrogen-bond acceptors (Lipinski definition) is 8. The van der Waals surface area contributed by atoms with E-state index in [0.717, 1.165) is 61.9 Å². The SMILES string of the molecule is CCCCN(C)Cc1c[nH]c(=O)cc1-c1cnc2c(N[C@](C)(CCCC)COC)nc(N)nc2c1. The van der Waals surface area contributed by atoms with Gasteiger partial charge in [-0.15, -0.1) is 0 Å². The number of nitrogen functional groups attached to an aromatic ring is 1. The van der Waals surface area contributed by atoms with Crippen LogP contribution in [-0.2, 0) is 11.3 Å². The Morgan fingerprint density at radius 1 is 1.20 bits per heavy atom. The number of aromatic nitrogens is 4. The zero-order valence-electron chi connectivity index (χ0n) is 21.6. The summed E-state index contributed by atoms with van der Waals surface area (Å²) in [5, 5.41) is 3.52. The number of nitrogens with two attached hydrogens (primary N) is 1. The summed E-state index contributed by atoms with van der Waals surface area (Å²) in [6.45, 7) is 8.69. The van der Waals surface area contributed by atoms with Crippen molar-refractivity contribution in [3.05, 3.63) is 40.4 Å². The van der Waals surface area contributed by atoms with E-state index in [-0.39, 0.29) is 17.0 Å². The summed E-state index contributed by atoms with van der Waals surface area (Å²) in [7, 11) is 3.78. The lowest BCUT2D eigenvalue weighted by Crippen LogP contribution is -2.40. The van der Waals surface area contributed by atoms with Gasteiger partial charge in [-0.25, -0.2) is 4.98 Å². The molecule has 3 rings (SSSR count). The lowest BCUT2D eigenvalue weighted by Gasteiger charge is -2.31. The number of ether oxygens (including phenoxy) is 1. The molecule has 190 valence electrons. The number of pyridine rings is 2. The number of nitrogens with one attached hydrogen (secondary N) is 2. The summed E-state index contributed by atoms with van der Waals surface area (Å²) in [4.78, 5) is 30.9. The summed E-state index contributed by atoms with van der Waals surface area (Å²) in [6.07, 6.45) is 8.88. The van der Waals surface area contributed by atoms with Crippen molar-refractivity contribution in [2.75, 3.05) is 38.4 Å². The second-order valence-corrected chi connectivity index (χ2v) is 9.57. The standard InChI is InChI=1S/C26H39N7O2/c1-6-8-10-26(3,17-35-5)32-24-23-21(30-25(27)31-24)12-18(14-29-23)20-13-22(34)28-15-19(20)16-33(4)11-9-7-2/h12-15H,6-11,16-17H2,1-5H3,(H,28,34)(H3,27,30,31,32)/t26-/m1/s1. The topological polar surface area (TPSA) is 122 Å². The molecule has 9 nitrogen and oxygen atoms in total. The Morgan fingerprint density at radius 2 is 1.97 bits per heavy atom. The summed E-state index contributed by atoms with van der Waals surface area (Å²) in [5.41, 5.74) is 9.55. The Bertz CT molecular complexity index is 1180. The summed E-state index contributed by atoms with van der Waals surface area (Å²) >= 11 is 0. The fraction of sp³-hybridized carbons (Fsp3) is 0.538. The van der Waals surface area contributed by atoms with Gasteiger partial charge in [-0.2, -0.15) is 4.98 Å². The quantitative estimate of drug-likeness (QED) is 0.332. The third-order valence-electron chi connectivity index (χ3n) is 6.17. The van der Waals surface area contributed by atoms with Crippen LogP contribution >= 0.6 is 0 Å². The second kappa shape index (κ2) is 12.1. The van der Waals surface area contributed by atoms with Gasteiger partial charge in [0.15, 0.2) is 5.82 Å². The number of fused-ring (bicyclic) bond motifs is 1. The van der Waals surface area contributed by atoms with E-state index in [1.165, 1.54) is 0 Å². The Labute approximate surface area is 207 Å². The van der Waals surface area contributed by atoms with Crippen molar-refractivity contribution in [3.8, 4) is 11.1 Å². The van der Waals surface area contributed by atoms with E-state index >= 15 is 0 Å². The molecule has 1 atom stereocenters. The highest BCUT2D eigenvalue weighted by Gasteiger charge is 2.26. The fourth-order valence-corrected chi connectivity index (χ4v) is 4.31. The summed E-state index contributed by atoms with van der Waals surface area (Å²) < 4.78 is 5.48. The summed E-state index contributed by atoms with van der Waals surface area (Å²) in [5.74, 6) is 0.750. The van der Waals surface area contributed by atoms with Gasteiger partial charge in [-0.3, -0.25) is 9.78 Å². The molecule has 0 saturated carbocycles. The first-order chi connectivity index (χ1) is 16.8. The highest BCUT2D eigenvalue weighted by molar-refractivity contribution is 5.89. The van der Waals surface area contributed by atoms with Crippen molar-refractivity contribution in [2.24, 2.45) is 0 Å². The second-order valence-electron chi connectivity index (χ2n) is 9.57. The van der Waals surface area contributed by atoms with Crippen LogP contribution in [0, 0.1) is 0 Å². The van der Waals surface area contributed by atoms with Crippen LogP contribution in [-0.4, -0.2) is 57.7 Å². The van der Waals surface area contributed by atoms with Crippen LogP contribution in [0.4, 0.5) is 11.8 Å². The van der Waals surface area contributed by atoms with Gasteiger partial charge in [-0.05, 0) is 50.6 Å². The average Bonchev–Trinajstić information content (AvgIpc) is 2.82. The Kier molecular flexibility index (Phi) is 9.17. The first-order valence-electron chi connectivity index (χ1n) is 12.4. The third kappa shape index (κ3) is 6.99. The van der Waals surface area contributed by atoms with E-state index in [4.69, 9.17) is 15.5 Å². The smallest absolute Gasteiger partial charge is 0.248 e. The minimum atomic E-state index is -0.318. The van der Waals surface area contributed by atoms with Crippen molar-refractivity contribution in [1.82, 2.24) is 24.8 Å². The van der Waals surface area contributed by atoms with E-state index < -0.39 is 0 Å². The fourth-order valence-electron chi connectivity index (χ4n) is 4.31. The molecule has 0 aromatic carbocycles. The van der Waals surface area contributed by atoms with Crippen molar-refractivity contribution < 1.29 is 4.74 Å². The van der Waals surface area contributed by atoms with Gasteiger partial charge in [0.2, 0.25) is 11.5 Å². The minimum Gasteiger partial charge on any atom is -0.382 e. The number of aromatic amines is 1. The molecule has 0 amide bonds. The summed E-state index contributed by atoms with van der Waals surface area (Å²) in [6, 6.07) is 3.55. The van der Waals surface area contributed by atoms with Crippen LogP contribution in [0.3, 0.4) is 0 Å². The van der Waals surface area contributed by atoms with Gasteiger partial charge in [-0.1, -0.05) is 33.1 Å². The number of anilines is 2. The highest BCUT2D eigenvalue weighted by Crippen LogP contribution is 2.29. The molecule has 0 aliphatic heterocycles. The predicted molar refractivity (Wildman–Crippen MR) is 142 cm³/mol. The molecule has 0 unspecified atom stereocenters. The first kappa shape index (κ1) is 26.6. The molecule has 0 fully saturated rings. The van der Waals surface area contributed by atoms with Crippen molar-refractivity contribution in [3.63, 3.8) is 0 Å². The Morgan fingerprint density at radius 3 is 2.69 bits per heavy atom. The first-order valence-corrected chi connectivity index (χ1v) is 12.4. The van der Waals surface area contributed by atoms with Crippen molar-refractivity contribution >= 4 is 22.8 Å². The molecule has 0 aliphatic carbocycles. The normalized spacial score (nSPS) is 13.3. The molecule has 9 heteroatoms. The van der Waals surface area contributed by atoms with Crippen LogP contribution in [0.1, 0.15) is 58.4 Å². The van der Waals surface area contributed by atoms with Crippen LogP contribution in [0.2, 0.25) is 0 Å². The molecular formula is C26H39N7O2. The maximum absolute atomic E-state index is 12.2. The number of H-pyrrole nitrogens is 1. The minimum absolute atomic E-state index is 0.157. The van der Waals surface area contributed by atoms with Crippen molar-refractivity contribution in [2.45, 2.75) is 65.0 Å². The molecule has 0 saturated heterocycles. The Balaban J connectivity index is 2.01. The van der Waals surface area contributed by atoms with Crippen molar-refractivity contribution in [1.29, 1.82) is 0 Å². The molecule has 3 aromatic heterocycles. The number of hydrogen-bond donors (Lipinski definition) is 3. The van der Waals surface area contributed by atoms with Gasteiger partial charge in [0.1, 0.15) is 5.52 Å². The molecular weight excluding hydrogens is 442 g/mol. The van der Waals surface area contributed by atoms with Crippen LogP contribution in [0.15, 0.2) is 29.3 Å². The molecule has 35 heavy (non-hydrogen) atoms. The van der Waals surface area contributed by atoms with Crippen LogP contribution in [0.5, 0.6) is 0 Å². The van der Waals surface area contributed by atoms with Gasteiger partial charge >= 0.3 is 0 Å². The highest BCUT2D eigenvalue weighted by atomic mass is 16.5. The maximum atomic E-state index is 12.2. The van der Waals surface area contributed by atoms with Gasteiger partial charge in [0.25, 0.3) is 0 Å². The van der Waals surface area contributed by atoms with E-state index in [1.54, 1.807) is 25.6 Å². The van der Waals surface area contributed by atoms with E-state index in [9.17, 15) is 4.79 Å². The molecule has 3 heterocycles. The number of nitrogens with zero attached hydrogens (tertiary/aromatic N) is 4. The monoisotopic (exact) mass is 481 g/mol. The lowest BCUT2D eigenvalue weighted by molar-refractivity contribution is 0.144. The van der Waals surface area contributed by atoms with Crippen LogP contribution in [0.25, 0.3) is 22.2 Å². The zero-order chi connectivity index (χ0) is 25.4. The molecule has 0 bridgehead atoms. The zero-order valence-corrected chi connectivity index (χ0v) is 21.6. The third-order valence-corrected chi connectivity index (χ3v) is 6.17. The van der Waals surface area contributed by atoms with Gasteiger partial charge in [0, 0.05) is 37.7 Å². The molecule has 4 N–H and O–H groups in total. The lowest BCUT2D eigenvalue weighted by atomic mass is 9.95. The number of rotatable bonds is 13. The molecule has 0 radical (unpaired) electrons. The average molecular weight is 482 g/mol. The van der Waals surface area contributed by atoms with E-state index in [1.807, 2.05) is 6.07 Å². The van der Waals surface area contributed by atoms with Gasteiger partial charge in [0.05, 0.1) is 17.7 Å². The van der Waals surface area contributed by atoms with E-state index in [2.05, 4.69) is 53.0 Å². The molecule has 3 aromatic rings. The Hall–Kier alpha value is -3.04. The predicted octanol–water partition coefficient (Wildman–Crippen LogP) is 4.20.